The molecule has 0 N–H and O–H groups in total. The van der Waals surface area contributed by atoms with Gasteiger partial charge >= 0.3 is 0 Å². The first-order valence-corrected chi connectivity index (χ1v) is 7.86. The second-order valence-electron chi connectivity index (χ2n) is 6.69. The molecule has 2 aliphatic carbocycles. The lowest BCUT2D eigenvalue weighted by Crippen LogP contribution is -2.42. The zero-order valence-corrected chi connectivity index (χ0v) is 12.2. The maximum atomic E-state index is 11.4. The van der Waals surface area contributed by atoms with Gasteiger partial charge in [-0.1, -0.05) is 26.2 Å². The largest absolute Gasteiger partial charge is 0.303 e. The first-order valence-electron chi connectivity index (χ1n) is 7.86. The zero-order valence-electron chi connectivity index (χ0n) is 12.2. The first kappa shape index (κ1) is 14.0. The average molecular weight is 251 g/mol. The Balaban J connectivity index is 1.84. The smallest absolute Gasteiger partial charge is 0.127 e. The Morgan fingerprint density at radius 3 is 2.28 bits per heavy atom. The van der Waals surface area contributed by atoms with Crippen LogP contribution in [0.5, 0.6) is 0 Å². The number of carbonyl (C=O) groups is 1. The molecule has 0 heterocycles. The lowest BCUT2D eigenvalue weighted by atomic mass is 9.82. The highest BCUT2D eigenvalue weighted by Gasteiger charge is 2.36. The van der Waals surface area contributed by atoms with Gasteiger partial charge in [0.2, 0.25) is 0 Å². The summed E-state index contributed by atoms with van der Waals surface area (Å²) in [5, 5.41) is 0. The third-order valence-electron chi connectivity index (χ3n) is 5.43. The van der Waals surface area contributed by atoms with Gasteiger partial charge in [0.25, 0.3) is 0 Å². The van der Waals surface area contributed by atoms with Gasteiger partial charge in [-0.2, -0.15) is 0 Å². The van der Waals surface area contributed by atoms with Gasteiger partial charge in [-0.05, 0) is 51.5 Å². The van der Waals surface area contributed by atoms with Crippen molar-refractivity contribution in [2.24, 2.45) is 11.3 Å². The Morgan fingerprint density at radius 1 is 1.17 bits per heavy atom. The highest BCUT2D eigenvalue weighted by molar-refractivity contribution is 5.60. The SMILES string of the molecule is CCC1CCC(N(C)CC2(C=O)CCCC2)CC1. The zero-order chi connectivity index (χ0) is 13.0. The Bertz CT molecular complexity index is 262. The summed E-state index contributed by atoms with van der Waals surface area (Å²) in [5.41, 5.74) is -0.00362. The van der Waals surface area contributed by atoms with Crippen LogP contribution in [0.25, 0.3) is 0 Å². The van der Waals surface area contributed by atoms with Crippen LogP contribution in [0.3, 0.4) is 0 Å². The normalized spacial score (nSPS) is 31.7. The number of hydrogen-bond acceptors (Lipinski definition) is 2. The number of nitrogens with zero attached hydrogens (tertiary/aromatic N) is 1. The maximum Gasteiger partial charge on any atom is 0.127 e. The molecular formula is C16H29NO. The molecule has 18 heavy (non-hydrogen) atoms. The van der Waals surface area contributed by atoms with Gasteiger partial charge < -0.3 is 9.69 Å². The average Bonchev–Trinajstić information content (AvgIpc) is 2.88. The van der Waals surface area contributed by atoms with Crippen molar-refractivity contribution >= 4 is 6.29 Å². The van der Waals surface area contributed by atoms with Gasteiger partial charge in [0.15, 0.2) is 0 Å². The number of carbonyl (C=O) groups excluding carboxylic acids is 1. The van der Waals surface area contributed by atoms with Crippen molar-refractivity contribution in [3.05, 3.63) is 0 Å². The molecule has 0 aromatic heterocycles. The number of hydrogen-bond donors (Lipinski definition) is 0. The summed E-state index contributed by atoms with van der Waals surface area (Å²) in [6.45, 7) is 3.31. The van der Waals surface area contributed by atoms with E-state index in [1.165, 1.54) is 51.2 Å². The quantitative estimate of drug-likeness (QED) is 0.695. The summed E-state index contributed by atoms with van der Waals surface area (Å²) in [7, 11) is 2.24. The van der Waals surface area contributed by atoms with Crippen LogP contribution in [0.1, 0.15) is 64.7 Å². The Kier molecular flexibility index (Phi) is 4.83. The summed E-state index contributed by atoms with van der Waals surface area (Å²) in [6, 6.07) is 0.727. The molecule has 0 bridgehead atoms. The van der Waals surface area contributed by atoms with Gasteiger partial charge in [0, 0.05) is 18.0 Å². The van der Waals surface area contributed by atoms with Gasteiger partial charge in [0.1, 0.15) is 6.29 Å². The van der Waals surface area contributed by atoms with Crippen LogP contribution >= 0.6 is 0 Å². The van der Waals surface area contributed by atoms with Crippen molar-refractivity contribution in [1.82, 2.24) is 4.90 Å². The second kappa shape index (κ2) is 6.18. The summed E-state index contributed by atoms with van der Waals surface area (Å²) in [4.78, 5) is 13.9. The van der Waals surface area contributed by atoms with Crippen molar-refractivity contribution in [1.29, 1.82) is 0 Å². The van der Waals surface area contributed by atoms with Crippen molar-refractivity contribution < 1.29 is 4.79 Å². The monoisotopic (exact) mass is 251 g/mol. The summed E-state index contributed by atoms with van der Waals surface area (Å²) in [6.07, 6.45) is 12.8. The molecule has 2 heteroatoms. The fourth-order valence-corrected chi connectivity index (χ4v) is 4.01. The molecule has 104 valence electrons. The molecular weight excluding hydrogens is 222 g/mol. The molecule has 0 atom stereocenters. The molecule has 2 saturated carbocycles. The molecule has 2 fully saturated rings. The van der Waals surface area contributed by atoms with E-state index >= 15 is 0 Å². The van der Waals surface area contributed by atoms with E-state index in [1.807, 2.05) is 0 Å². The molecule has 0 saturated heterocycles. The van der Waals surface area contributed by atoms with Gasteiger partial charge in [-0.25, -0.2) is 0 Å². The Labute approximate surface area is 112 Å². The van der Waals surface area contributed by atoms with Crippen LogP contribution in [0.2, 0.25) is 0 Å². The Morgan fingerprint density at radius 2 is 1.78 bits per heavy atom. The molecule has 2 rings (SSSR count). The van der Waals surface area contributed by atoms with Crippen LogP contribution < -0.4 is 0 Å². The summed E-state index contributed by atoms with van der Waals surface area (Å²) >= 11 is 0. The van der Waals surface area contributed by atoms with E-state index in [2.05, 4.69) is 18.9 Å². The van der Waals surface area contributed by atoms with E-state index in [9.17, 15) is 4.79 Å². The van der Waals surface area contributed by atoms with Crippen molar-refractivity contribution in [2.45, 2.75) is 70.8 Å². The molecule has 0 amide bonds. The minimum atomic E-state index is -0.00362. The van der Waals surface area contributed by atoms with Crippen molar-refractivity contribution in [3.63, 3.8) is 0 Å². The molecule has 0 aliphatic heterocycles. The lowest BCUT2D eigenvalue weighted by Gasteiger charge is -2.38. The van der Waals surface area contributed by atoms with E-state index in [4.69, 9.17) is 0 Å². The minimum Gasteiger partial charge on any atom is -0.303 e. The molecule has 2 aliphatic rings. The second-order valence-corrected chi connectivity index (χ2v) is 6.69. The van der Waals surface area contributed by atoms with Crippen LogP contribution in [0, 0.1) is 11.3 Å². The van der Waals surface area contributed by atoms with E-state index in [0.29, 0.717) is 0 Å². The molecule has 0 aromatic carbocycles. The van der Waals surface area contributed by atoms with Gasteiger partial charge in [-0.15, -0.1) is 0 Å². The molecule has 0 spiro atoms. The Hall–Kier alpha value is -0.370. The third-order valence-corrected chi connectivity index (χ3v) is 5.43. The number of rotatable bonds is 5. The van der Waals surface area contributed by atoms with Crippen LogP contribution in [-0.2, 0) is 4.79 Å². The van der Waals surface area contributed by atoms with E-state index in [1.54, 1.807) is 0 Å². The van der Waals surface area contributed by atoms with Crippen LogP contribution in [-0.4, -0.2) is 30.8 Å². The van der Waals surface area contributed by atoms with E-state index < -0.39 is 0 Å². The van der Waals surface area contributed by atoms with Crippen LogP contribution in [0.4, 0.5) is 0 Å². The predicted molar refractivity (Wildman–Crippen MR) is 75.6 cm³/mol. The van der Waals surface area contributed by atoms with Crippen LogP contribution in [0.15, 0.2) is 0 Å². The first-order chi connectivity index (χ1) is 8.69. The number of aldehydes is 1. The molecule has 0 aromatic rings. The van der Waals surface area contributed by atoms with Crippen molar-refractivity contribution in [2.75, 3.05) is 13.6 Å². The van der Waals surface area contributed by atoms with Gasteiger partial charge in [-0.3, -0.25) is 0 Å². The summed E-state index contributed by atoms with van der Waals surface area (Å²) in [5.74, 6) is 0.959. The fourth-order valence-electron chi connectivity index (χ4n) is 4.01. The highest BCUT2D eigenvalue weighted by Crippen LogP contribution is 2.38. The highest BCUT2D eigenvalue weighted by atomic mass is 16.1. The minimum absolute atomic E-state index is 0.00362. The maximum absolute atomic E-state index is 11.4. The fraction of sp³-hybridized carbons (Fsp3) is 0.938. The summed E-state index contributed by atoms with van der Waals surface area (Å²) < 4.78 is 0. The molecule has 2 nitrogen and oxygen atoms in total. The molecule has 0 unspecified atom stereocenters. The standard InChI is InChI=1S/C16H29NO/c1-3-14-6-8-15(9-7-14)17(2)12-16(13-18)10-4-5-11-16/h13-15H,3-12H2,1-2H3. The third kappa shape index (κ3) is 3.14. The predicted octanol–water partition coefficient (Wildman–Crippen LogP) is 3.65. The van der Waals surface area contributed by atoms with Crippen molar-refractivity contribution in [3.8, 4) is 0 Å². The van der Waals surface area contributed by atoms with Gasteiger partial charge in [0.05, 0.1) is 0 Å². The lowest BCUT2D eigenvalue weighted by molar-refractivity contribution is -0.117. The topological polar surface area (TPSA) is 20.3 Å². The van der Waals surface area contributed by atoms with E-state index in [0.717, 1.165) is 31.3 Å². The molecule has 0 radical (unpaired) electrons. The van der Waals surface area contributed by atoms with E-state index in [-0.39, 0.29) is 5.41 Å².